The third kappa shape index (κ3) is 3.33. The van der Waals surface area contributed by atoms with Crippen LogP contribution in [0.2, 0.25) is 0 Å². The first-order chi connectivity index (χ1) is 8.56. The van der Waals surface area contributed by atoms with Gasteiger partial charge in [0.1, 0.15) is 0 Å². The maximum atomic E-state index is 6.38. The highest BCUT2D eigenvalue weighted by Gasteiger charge is 2.23. The average molecular weight is 246 g/mol. The Bertz CT molecular complexity index is 378. The van der Waals surface area contributed by atoms with E-state index in [9.17, 15) is 0 Å². The fraction of sp³-hybridized carbons (Fsp3) is 0.625. The SMILES string of the molecule is Cc1ccccc1C(N)CN1CC(C)CC(C)C1. The van der Waals surface area contributed by atoms with Gasteiger partial charge >= 0.3 is 0 Å². The summed E-state index contributed by atoms with van der Waals surface area (Å²) in [5, 5.41) is 0. The lowest BCUT2D eigenvalue weighted by Gasteiger charge is -2.36. The molecular formula is C16H26N2. The normalized spacial score (nSPS) is 27.1. The quantitative estimate of drug-likeness (QED) is 0.888. The minimum atomic E-state index is 0.142. The molecule has 0 aromatic heterocycles. The molecule has 18 heavy (non-hydrogen) atoms. The molecular weight excluding hydrogens is 220 g/mol. The van der Waals surface area contributed by atoms with Crippen molar-refractivity contribution >= 4 is 0 Å². The summed E-state index contributed by atoms with van der Waals surface area (Å²) < 4.78 is 0. The second-order valence-electron chi connectivity index (χ2n) is 6.13. The van der Waals surface area contributed by atoms with Gasteiger partial charge in [-0.25, -0.2) is 0 Å². The van der Waals surface area contributed by atoms with E-state index in [-0.39, 0.29) is 6.04 Å². The maximum Gasteiger partial charge on any atom is 0.0426 e. The van der Waals surface area contributed by atoms with Crippen LogP contribution in [0.25, 0.3) is 0 Å². The number of nitrogens with zero attached hydrogens (tertiary/aromatic N) is 1. The Morgan fingerprint density at radius 2 is 1.83 bits per heavy atom. The van der Waals surface area contributed by atoms with Crippen LogP contribution in [0.5, 0.6) is 0 Å². The largest absolute Gasteiger partial charge is 0.323 e. The minimum absolute atomic E-state index is 0.142. The lowest BCUT2D eigenvalue weighted by molar-refractivity contribution is 0.134. The van der Waals surface area contributed by atoms with Crippen LogP contribution in [0.4, 0.5) is 0 Å². The summed E-state index contributed by atoms with van der Waals surface area (Å²) in [4.78, 5) is 2.54. The summed E-state index contributed by atoms with van der Waals surface area (Å²) in [7, 11) is 0. The molecule has 1 fully saturated rings. The van der Waals surface area contributed by atoms with Crippen molar-refractivity contribution < 1.29 is 0 Å². The number of hydrogen-bond donors (Lipinski definition) is 1. The van der Waals surface area contributed by atoms with E-state index in [0.717, 1.165) is 18.4 Å². The molecule has 0 amide bonds. The Balaban J connectivity index is 1.99. The summed E-state index contributed by atoms with van der Waals surface area (Å²) in [5.41, 5.74) is 8.98. The standard InChI is InChI=1S/C16H26N2/c1-12-8-13(2)10-18(9-12)11-16(17)15-7-5-4-6-14(15)3/h4-7,12-13,16H,8-11,17H2,1-3H3. The van der Waals surface area contributed by atoms with E-state index in [1.165, 1.54) is 30.6 Å². The van der Waals surface area contributed by atoms with Crippen LogP contribution in [0.3, 0.4) is 0 Å². The summed E-state index contributed by atoms with van der Waals surface area (Å²) in [5.74, 6) is 1.61. The zero-order valence-corrected chi connectivity index (χ0v) is 11.9. The molecule has 3 unspecified atom stereocenters. The van der Waals surface area contributed by atoms with Crippen molar-refractivity contribution in [2.24, 2.45) is 17.6 Å². The minimum Gasteiger partial charge on any atom is -0.323 e. The van der Waals surface area contributed by atoms with Gasteiger partial charge in [0.2, 0.25) is 0 Å². The van der Waals surface area contributed by atoms with E-state index < -0.39 is 0 Å². The molecule has 2 rings (SSSR count). The number of hydrogen-bond acceptors (Lipinski definition) is 2. The van der Waals surface area contributed by atoms with Crippen LogP contribution in [0, 0.1) is 18.8 Å². The molecule has 2 heteroatoms. The van der Waals surface area contributed by atoms with Gasteiger partial charge in [-0.05, 0) is 36.3 Å². The molecule has 1 aromatic rings. The summed E-state index contributed by atoms with van der Waals surface area (Å²) in [6.07, 6.45) is 1.36. The summed E-state index contributed by atoms with van der Waals surface area (Å²) >= 11 is 0. The smallest absolute Gasteiger partial charge is 0.0426 e. The molecule has 1 aromatic carbocycles. The topological polar surface area (TPSA) is 29.3 Å². The summed E-state index contributed by atoms with van der Waals surface area (Å²) in [6.45, 7) is 10.2. The first kappa shape index (κ1) is 13.6. The Morgan fingerprint density at radius 1 is 1.22 bits per heavy atom. The van der Waals surface area contributed by atoms with Gasteiger partial charge in [0, 0.05) is 25.7 Å². The van der Waals surface area contributed by atoms with Gasteiger partial charge in [-0.15, -0.1) is 0 Å². The molecule has 1 aliphatic heterocycles. The Hall–Kier alpha value is -0.860. The average Bonchev–Trinajstić information content (AvgIpc) is 2.27. The maximum absolute atomic E-state index is 6.38. The lowest BCUT2D eigenvalue weighted by Crippen LogP contribution is -2.42. The molecule has 1 aliphatic rings. The van der Waals surface area contributed by atoms with Crippen LogP contribution in [-0.4, -0.2) is 24.5 Å². The van der Waals surface area contributed by atoms with E-state index in [0.29, 0.717) is 0 Å². The number of likely N-dealkylation sites (tertiary alicyclic amines) is 1. The van der Waals surface area contributed by atoms with Crippen molar-refractivity contribution in [2.75, 3.05) is 19.6 Å². The predicted octanol–water partition coefficient (Wildman–Crippen LogP) is 2.97. The Morgan fingerprint density at radius 3 is 2.44 bits per heavy atom. The van der Waals surface area contributed by atoms with E-state index in [1.54, 1.807) is 0 Å². The number of aryl methyl sites for hydroxylation is 1. The van der Waals surface area contributed by atoms with Gasteiger partial charge in [0.05, 0.1) is 0 Å². The third-order valence-corrected chi connectivity index (χ3v) is 3.99. The molecule has 0 saturated carbocycles. The fourth-order valence-electron chi connectivity index (χ4n) is 3.32. The van der Waals surface area contributed by atoms with E-state index in [4.69, 9.17) is 5.73 Å². The predicted molar refractivity (Wildman–Crippen MR) is 77.5 cm³/mol. The van der Waals surface area contributed by atoms with Crippen molar-refractivity contribution in [3.63, 3.8) is 0 Å². The Labute approximate surface area is 111 Å². The van der Waals surface area contributed by atoms with Gasteiger partial charge in [0.15, 0.2) is 0 Å². The highest BCUT2D eigenvalue weighted by atomic mass is 15.1. The van der Waals surface area contributed by atoms with Crippen molar-refractivity contribution in [3.8, 4) is 0 Å². The number of benzene rings is 1. The molecule has 0 aliphatic carbocycles. The highest BCUT2D eigenvalue weighted by molar-refractivity contribution is 5.28. The number of nitrogens with two attached hydrogens (primary N) is 1. The van der Waals surface area contributed by atoms with Crippen LogP contribution in [0.1, 0.15) is 37.4 Å². The summed E-state index contributed by atoms with van der Waals surface area (Å²) in [6, 6.07) is 8.62. The first-order valence-electron chi connectivity index (χ1n) is 7.09. The second-order valence-corrected chi connectivity index (χ2v) is 6.13. The molecule has 1 heterocycles. The highest BCUT2D eigenvalue weighted by Crippen LogP contribution is 2.23. The number of rotatable bonds is 3. The van der Waals surface area contributed by atoms with E-state index in [1.807, 2.05) is 0 Å². The van der Waals surface area contributed by atoms with Crippen LogP contribution >= 0.6 is 0 Å². The van der Waals surface area contributed by atoms with Gasteiger partial charge in [-0.2, -0.15) is 0 Å². The molecule has 1 saturated heterocycles. The molecule has 2 N–H and O–H groups in total. The lowest BCUT2D eigenvalue weighted by atomic mass is 9.91. The second kappa shape index (κ2) is 5.85. The van der Waals surface area contributed by atoms with Crippen molar-refractivity contribution in [2.45, 2.75) is 33.2 Å². The zero-order valence-electron chi connectivity index (χ0n) is 11.9. The van der Waals surface area contributed by atoms with Gasteiger partial charge in [-0.1, -0.05) is 38.1 Å². The van der Waals surface area contributed by atoms with Crippen LogP contribution < -0.4 is 5.73 Å². The molecule has 0 spiro atoms. The van der Waals surface area contributed by atoms with Gasteiger partial charge in [0.25, 0.3) is 0 Å². The first-order valence-corrected chi connectivity index (χ1v) is 7.09. The Kier molecular flexibility index (Phi) is 4.41. The van der Waals surface area contributed by atoms with Gasteiger partial charge < -0.3 is 10.6 Å². The number of piperidine rings is 1. The molecule has 0 radical (unpaired) electrons. The van der Waals surface area contributed by atoms with Crippen LogP contribution in [-0.2, 0) is 0 Å². The van der Waals surface area contributed by atoms with E-state index in [2.05, 4.69) is 49.9 Å². The van der Waals surface area contributed by atoms with Crippen molar-refractivity contribution in [3.05, 3.63) is 35.4 Å². The monoisotopic (exact) mass is 246 g/mol. The molecule has 3 atom stereocenters. The van der Waals surface area contributed by atoms with Gasteiger partial charge in [-0.3, -0.25) is 0 Å². The zero-order chi connectivity index (χ0) is 13.1. The van der Waals surface area contributed by atoms with E-state index >= 15 is 0 Å². The van der Waals surface area contributed by atoms with Crippen molar-refractivity contribution in [1.82, 2.24) is 4.90 Å². The van der Waals surface area contributed by atoms with Crippen molar-refractivity contribution in [1.29, 1.82) is 0 Å². The molecule has 2 nitrogen and oxygen atoms in total. The molecule has 100 valence electrons. The molecule has 0 bridgehead atoms. The third-order valence-electron chi connectivity index (χ3n) is 3.99. The van der Waals surface area contributed by atoms with Crippen LogP contribution in [0.15, 0.2) is 24.3 Å². The fourth-order valence-corrected chi connectivity index (χ4v) is 3.32.